The second kappa shape index (κ2) is 22.3. The van der Waals surface area contributed by atoms with Crippen LogP contribution >= 0.6 is 30.9 Å². The molecule has 6 aromatic rings. The molecule has 374 valence electrons. The molecular formula is C52H63ClFN6O6PS3. The van der Waals surface area contributed by atoms with E-state index in [1.54, 1.807) is 49.9 Å². The minimum Gasteiger partial charge on any atom is -0.380 e. The van der Waals surface area contributed by atoms with E-state index in [9.17, 15) is 21.4 Å². The zero-order chi connectivity index (χ0) is 50.5. The average molecular weight is 1050 g/mol. The van der Waals surface area contributed by atoms with Crippen molar-refractivity contribution in [2.45, 2.75) is 60.9 Å². The van der Waals surface area contributed by atoms with Crippen LogP contribution in [0, 0.1) is 12.7 Å². The Bertz CT molecular complexity index is 3060. The molecule has 1 aliphatic rings. The van der Waals surface area contributed by atoms with Gasteiger partial charge in [-0.15, -0.1) is 11.8 Å². The van der Waals surface area contributed by atoms with Gasteiger partial charge < -0.3 is 34.2 Å². The molecule has 5 aromatic carbocycles. The Balaban J connectivity index is 1.08. The van der Waals surface area contributed by atoms with Crippen molar-refractivity contribution in [2.75, 3.05) is 91.9 Å². The van der Waals surface area contributed by atoms with Crippen LogP contribution in [0.3, 0.4) is 0 Å². The molecule has 0 bridgehead atoms. The van der Waals surface area contributed by atoms with Crippen molar-refractivity contribution in [3.05, 3.63) is 132 Å². The molecule has 0 radical (unpaired) electrons. The van der Waals surface area contributed by atoms with Crippen LogP contribution in [0.1, 0.15) is 38.9 Å². The van der Waals surface area contributed by atoms with E-state index < -0.39 is 33.0 Å². The van der Waals surface area contributed by atoms with Crippen molar-refractivity contribution in [1.82, 2.24) is 9.47 Å². The highest BCUT2D eigenvalue weighted by Gasteiger charge is 2.32. The number of anilines is 4. The lowest BCUT2D eigenvalue weighted by atomic mass is 9.99. The first-order valence-corrected chi connectivity index (χ1v) is 30.0. The molecule has 0 spiro atoms. The molecule has 1 aliphatic heterocycles. The van der Waals surface area contributed by atoms with E-state index in [1.165, 1.54) is 24.5 Å². The molecule has 2 heterocycles. The number of nitrogens with one attached hydrogen (secondary N) is 2. The van der Waals surface area contributed by atoms with Gasteiger partial charge in [-0.1, -0.05) is 41.9 Å². The van der Waals surface area contributed by atoms with Crippen molar-refractivity contribution >= 4 is 78.6 Å². The predicted molar refractivity (Wildman–Crippen MR) is 289 cm³/mol. The van der Waals surface area contributed by atoms with Gasteiger partial charge in [0.1, 0.15) is 5.82 Å². The Morgan fingerprint density at radius 3 is 2.04 bits per heavy atom. The number of benzene rings is 5. The minimum absolute atomic E-state index is 0.0388. The molecule has 2 unspecified atom stereocenters. The summed E-state index contributed by atoms with van der Waals surface area (Å²) in [5.41, 5.74) is 5.50. The third kappa shape index (κ3) is 12.6. The van der Waals surface area contributed by atoms with Crippen molar-refractivity contribution in [2.24, 2.45) is 0 Å². The van der Waals surface area contributed by atoms with E-state index in [2.05, 4.69) is 37.2 Å². The summed E-state index contributed by atoms with van der Waals surface area (Å²) in [6.45, 7) is 10.8. The summed E-state index contributed by atoms with van der Waals surface area (Å²) in [6.07, 6.45) is 3.12. The molecule has 18 heteroatoms. The molecule has 70 heavy (non-hydrogen) atoms. The van der Waals surface area contributed by atoms with Gasteiger partial charge in [0.2, 0.25) is 0 Å². The van der Waals surface area contributed by atoms with E-state index in [0.717, 1.165) is 35.4 Å². The SMILES string of the molecule is CCOP(=O)(Nc1ccc(N2CCN(c3cc(F)cc(-c4c(S(C)(=O)=O)c(C)n(C(C)C)c4-c4ccc(Cl)cc4)c3)CC2)cc1)c1ccc(NC(CCN(C)C)CSc2ccccc2)c(S(C)(=O)=O)c1. The number of hydrogen-bond acceptors (Lipinski definition) is 11. The number of rotatable bonds is 20. The Kier molecular flexibility index (Phi) is 16.9. The third-order valence-electron chi connectivity index (χ3n) is 12.2. The lowest BCUT2D eigenvalue weighted by molar-refractivity contribution is 0.344. The molecule has 0 aliphatic carbocycles. The van der Waals surface area contributed by atoms with Crippen LogP contribution in [-0.2, 0) is 28.8 Å². The summed E-state index contributed by atoms with van der Waals surface area (Å²) < 4.78 is 92.2. The van der Waals surface area contributed by atoms with Crippen LogP contribution in [0.2, 0.25) is 5.02 Å². The summed E-state index contributed by atoms with van der Waals surface area (Å²) in [5, 5.41) is 7.38. The number of hydrogen-bond donors (Lipinski definition) is 2. The fourth-order valence-electron chi connectivity index (χ4n) is 9.00. The molecule has 0 amide bonds. The molecule has 7 rings (SSSR count). The molecule has 2 N–H and O–H groups in total. The summed E-state index contributed by atoms with van der Waals surface area (Å²) in [6, 6.07) is 34.2. The Morgan fingerprint density at radius 2 is 1.46 bits per heavy atom. The van der Waals surface area contributed by atoms with Crippen LogP contribution in [-0.4, -0.2) is 104 Å². The maximum absolute atomic E-state index is 15.8. The fraction of sp³-hybridized carbons (Fsp3) is 0.346. The molecule has 0 saturated carbocycles. The standard InChI is InChI=1S/C52H63ClFN6O6PS3/c1-9-66-67(61,46-23-24-48(49(34-46)69(7,62)63)55-43(25-26-57(5)6)35-68-47-13-11-10-12-14-47)56-42-19-21-44(22-20-42)58-27-29-59(30-28-58)45-32-39(31-41(54)33-45)50-51(38-15-17-40(53)18-16-38)60(36(2)3)37(4)52(50)70(8,64)65/h10-24,31-34,36,43,55H,9,25-30,35H2,1-8H3,(H,56,61). The zero-order valence-electron chi connectivity index (χ0n) is 40.9. The van der Waals surface area contributed by atoms with Gasteiger partial charge in [0.25, 0.3) is 0 Å². The van der Waals surface area contributed by atoms with Gasteiger partial charge in [-0.2, -0.15) is 0 Å². The smallest absolute Gasteiger partial charge is 0.323 e. The van der Waals surface area contributed by atoms with Crippen molar-refractivity contribution in [1.29, 1.82) is 0 Å². The summed E-state index contributed by atoms with van der Waals surface area (Å²) in [7, 11) is -7.34. The summed E-state index contributed by atoms with van der Waals surface area (Å²) in [5.74, 6) is 0.232. The molecule has 2 atom stereocenters. The van der Waals surface area contributed by atoms with Gasteiger partial charge in [0.05, 0.1) is 33.1 Å². The van der Waals surface area contributed by atoms with Gasteiger partial charge in [0, 0.05) is 94.8 Å². The first-order valence-electron chi connectivity index (χ1n) is 23.2. The van der Waals surface area contributed by atoms with Gasteiger partial charge in [0.15, 0.2) is 19.7 Å². The van der Waals surface area contributed by atoms with Crippen molar-refractivity contribution < 1.29 is 30.3 Å². The highest BCUT2D eigenvalue weighted by molar-refractivity contribution is 7.99. The van der Waals surface area contributed by atoms with Crippen LogP contribution < -0.4 is 25.5 Å². The number of thioether (sulfide) groups is 1. The lowest BCUT2D eigenvalue weighted by Gasteiger charge is -2.37. The maximum atomic E-state index is 15.8. The number of nitrogens with zero attached hydrogens (tertiary/aromatic N) is 4. The van der Waals surface area contributed by atoms with Crippen LogP contribution in [0.4, 0.5) is 27.1 Å². The largest absolute Gasteiger partial charge is 0.380 e. The van der Waals surface area contributed by atoms with Gasteiger partial charge in [-0.25, -0.2) is 21.2 Å². The van der Waals surface area contributed by atoms with Crippen LogP contribution in [0.5, 0.6) is 0 Å². The van der Waals surface area contributed by atoms with Crippen LogP contribution in [0.15, 0.2) is 130 Å². The maximum Gasteiger partial charge on any atom is 0.323 e. The van der Waals surface area contributed by atoms with Gasteiger partial charge in [-0.3, -0.25) is 4.57 Å². The Morgan fingerprint density at radius 1 is 0.814 bits per heavy atom. The molecule has 1 aromatic heterocycles. The topological polar surface area (TPSA) is 133 Å². The number of piperazine rings is 1. The Hall–Kier alpha value is -4.80. The van der Waals surface area contributed by atoms with E-state index in [1.807, 2.05) is 93.2 Å². The predicted octanol–water partition coefficient (Wildman–Crippen LogP) is 11.1. The molecule has 1 saturated heterocycles. The van der Waals surface area contributed by atoms with E-state index in [-0.39, 0.29) is 33.8 Å². The first-order chi connectivity index (χ1) is 33.1. The number of halogens is 2. The number of sulfone groups is 2. The second-order valence-corrected chi connectivity index (χ2v) is 25.8. The average Bonchev–Trinajstić information content (AvgIpc) is 3.64. The van der Waals surface area contributed by atoms with Crippen molar-refractivity contribution in [3.63, 3.8) is 0 Å². The highest BCUT2D eigenvalue weighted by Crippen LogP contribution is 2.48. The highest BCUT2D eigenvalue weighted by atomic mass is 35.5. The molecule has 1 fully saturated rings. The lowest BCUT2D eigenvalue weighted by Crippen LogP contribution is -2.46. The van der Waals surface area contributed by atoms with Gasteiger partial charge in [-0.05, 0) is 151 Å². The molecule has 12 nitrogen and oxygen atoms in total. The number of aromatic nitrogens is 1. The zero-order valence-corrected chi connectivity index (χ0v) is 45.0. The van der Waals surface area contributed by atoms with Crippen LogP contribution in [0.25, 0.3) is 22.4 Å². The summed E-state index contributed by atoms with van der Waals surface area (Å²) in [4.78, 5) is 7.74. The van der Waals surface area contributed by atoms with E-state index >= 15 is 4.39 Å². The van der Waals surface area contributed by atoms with E-state index in [0.29, 0.717) is 76.5 Å². The Labute approximate surface area is 422 Å². The third-order valence-corrected chi connectivity index (χ3v) is 18.2. The normalized spacial score (nSPS) is 14.8. The molecular weight excluding hydrogens is 986 g/mol. The van der Waals surface area contributed by atoms with Crippen molar-refractivity contribution in [3.8, 4) is 22.4 Å². The summed E-state index contributed by atoms with van der Waals surface area (Å²) >= 11 is 7.97. The minimum atomic E-state index is -3.83. The monoisotopic (exact) mass is 1050 g/mol. The fourth-order valence-corrected chi connectivity index (χ4v) is 14.1. The quantitative estimate of drug-likeness (QED) is 0.0557. The van der Waals surface area contributed by atoms with Gasteiger partial charge >= 0.3 is 7.52 Å². The van der Waals surface area contributed by atoms with E-state index in [4.69, 9.17) is 16.1 Å². The first kappa shape index (κ1) is 53.0. The second-order valence-electron chi connectivity index (χ2n) is 18.2.